The molecule has 4 heteroatoms. The van der Waals surface area contributed by atoms with Crippen LogP contribution < -0.4 is 5.32 Å². The van der Waals surface area contributed by atoms with Gasteiger partial charge in [-0.3, -0.25) is 9.88 Å². The Morgan fingerprint density at radius 1 is 1.35 bits per heavy atom. The van der Waals surface area contributed by atoms with Crippen molar-refractivity contribution in [3.63, 3.8) is 0 Å². The number of rotatable bonds is 4. The molecule has 1 aliphatic heterocycles. The fraction of sp³-hybridized carbons (Fsp3) is 0.812. The first-order valence-corrected chi connectivity index (χ1v) is 9.09. The van der Waals surface area contributed by atoms with Crippen molar-refractivity contribution >= 4 is 11.3 Å². The van der Waals surface area contributed by atoms with E-state index in [1.807, 2.05) is 11.7 Å². The molecule has 112 valence electrons. The zero-order valence-electron chi connectivity index (χ0n) is 12.6. The van der Waals surface area contributed by atoms with Crippen LogP contribution in [-0.2, 0) is 6.54 Å². The van der Waals surface area contributed by atoms with Crippen molar-refractivity contribution < 1.29 is 0 Å². The number of nitrogens with zero attached hydrogens (tertiary/aromatic N) is 2. The zero-order chi connectivity index (χ0) is 13.8. The first kappa shape index (κ1) is 14.5. The maximum Gasteiger partial charge on any atom is 0.0794 e. The molecule has 0 amide bonds. The predicted molar refractivity (Wildman–Crippen MR) is 85.0 cm³/mol. The molecule has 1 aromatic rings. The molecule has 2 heterocycles. The molecule has 1 saturated carbocycles. The van der Waals surface area contributed by atoms with Crippen LogP contribution in [0.4, 0.5) is 0 Å². The molecule has 2 aliphatic rings. The van der Waals surface area contributed by atoms with E-state index >= 15 is 0 Å². The van der Waals surface area contributed by atoms with Crippen molar-refractivity contribution in [3.05, 3.63) is 16.6 Å². The van der Waals surface area contributed by atoms with Gasteiger partial charge in [-0.1, -0.05) is 26.2 Å². The van der Waals surface area contributed by atoms with E-state index in [0.29, 0.717) is 6.04 Å². The van der Waals surface area contributed by atoms with Crippen LogP contribution in [0, 0.1) is 5.92 Å². The van der Waals surface area contributed by atoms with Gasteiger partial charge in [-0.25, -0.2) is 0 Å². The Bertz CT molecular complexity index is 386. The van der Waals surface area contributed by atoms with Crippen LogP contribution in [0.5, 0.6) is 0 Å². The monoisotopic (exact) mass is 293 g/mol. The lowest BCUT2D eigenvalue weighted by molar-refractivity contribution is 0.0653. The normalized spacial score (nSPS) is 29.6. The van der Waals surface area contributed by atoms with E-state index in [4.69, 9.17) is 0 Å². The first-order chi connectivity index (χ1) is 9.86. The van der Waals surface area contributed by atoms with Gasteiger partial charge in [-0.05, 0) is 25.2 Å². The fourth-order valence-electron chi connectivity index (χ4n) is 3.86. The van der Waals surface area contributed by atoms with E-state index in [-0.39, 0.29) is 0 Å². The van der Waals surface area contributed by atoms with Crippen molar-refractivity contribution in [2.24, 2.45) is 5.92 Å². The molecule has 0 aromatic carbocycles. The van der Waals surface area contributed by atoms with E-state index in [1.165, 1.54) is 56.5 Å². The van der Waals surface area contributed by atoms with Gasteiger partial charge >= 0.3 is 0 Å². The van der Waals surface area contributed by atoms with Gasteiger partial charge in [0.05, 0.1) is 5.51 Å². The number of piperazine rings is 1. The molecular formula is C16H27N3S. The van der Waals surface area contributed by atoms with Gasteiger partial charge in [0.15, 0.2) is 0 Å². The van der Waals surface area contributed by atoms with E-state index in [0.717, 1.165) is 18.5 Å². The largest absolute Gasteiger partial charge is 0.311 e. The molecule has 1 N–H and O–H groups in total. The summed E-state index contributed by atoms with van der Waals surface area (Å²) in [6, 6.07) is 1.41. The maximum atomic E-state index is 4.24. The van der Waals surface area contributed by atoms with Gasteiger partial charge in [-0.2, -0.15) is 0 Å². The summed E-state index contributed by atoms with van der Waals surface area (Å²) in [5, 5.41) is 3.77. The van der Waals surface area contributed by atoms with Crippen LogP contribution in [0.3, 0.4) is 0 Å². The summed E-state index contributed by atoms with van der Waals surface area (Å²) >= 11 is 1.80. The summed E-state index contributed by atoms with van der Waals surface area (Å²) in [5.41, 5.74) is 1.96. The van der Waals surface area contributed by atoms with Crippen LogP contribution >= 0.6 is 11.3 Å². The first-order valence-electron chi connectivity index (χ1n) is 8.21. The third kappa shape index (κ3) is 3.41. The minimum atomic E-state index is 0.669. The zero-order valence-corrected chi connectivity index (χ0v) is 13.4. The molecule has 3 nitrogen and oxygen atoms in total. The number of hydrogen-bond acceptors (Lipinski definition) is 4. The third-order valence-corrected chi connectivity index (χ3v) is 5.83. The molecule has 1 aliphatic carbocycles. The smallest absolute Gasteiger partial charge is 0.0794 e. The van der Waals surface area contributed by atoms with Crippen molar-refractivity contribution in [1.82, 2.24) is 15.2 Å². The van der Waals surface area contributed by atoms with Crippen molar-refractivity contribution in [3.8, 4) is 0 Å². The Balaban J connectivity index is 1.68. The highest BCUT2D eigenvalue weighted by atomic mass is 32.1. The lowest BCUT2D eigenvalue weighted by atomic mass is 9.82. The van der Waals surface area contributed by atoms with Gasteiger partial charge in [0.25, 0.3) is 0 Å². The van der Waals surface area contributed by atoms with Crippen molar-refractivity contribution in [1.29, 1.82) is 0 Å². The number of thiazole rings is 1. The molecule has 0 radical (unpaired) electrons. The number of hydrogen-bond donors (Lipinski definition) is 1. The van der Waals surface area contributed by atoms with Gasteiger partial charge in [0.1, 0.15) is 0 Å². The standard InChI is InChI=1S/C16H27N3S/c1-2-14-10-19(11-15-8-17-12-20-15)16(9-18-14)13-6-4-3-5-7-13/h8,12-14,16,18H,2-7,9-11H2,1H3. The van der Waals surface area contributed by atoms with Crippen LogP contribution in [0.15, 0.2) is 11.7 Å². The minimum absolute atomic E-state index is 0.669. The second-order valence-electron chi connectivity index (χ2n) is 6.38. The van der Waals surface area contributed by atoms with Gasteiger partial charge in [0, 0.05) is 42.8 Å². The Labute approximate surface area is 126 Å². The summed E-state index contributed by atoms with van der Waals surface area (Å²) in [4.78, 5) is 8.40. The van der Waals surface area contributed by atoms with Crippen LogP contribution in [0.25, 0.3) is 0 Å². The Morgan fingerprint density at radius 3 is 2.90 bits per heavy atom. The molecular weight excluding hydrogens is 266 g/mol. The Kier molecular flexibility index (Phi) is 5.08. The van der Waals surface area contributed by atoms with Crippen molar-refractivity contribution in [2.45, 2.75) is 64.1 Å². The highest BCUT2D eigenvalue weighted by Crippen LogP contribution is 2.31. The van der Waals surface area contributed by atoms with E-state index in [1.54, 1.807) is 11.3 Å². The van der Waals surface area contributed by atoms with E-state index in [9.17, 15) is 0 Å². The fourth-order valence-corrected chi connectivity index (χ4v) is 4.48. The van der Waals surface area contributed by atoms with Crippen LogP contribution in [0.2, 0.25) is 0 Å². The van der Waals surface area contributed by atoms with Crippen LogP contribution in [0.1, 0.15) is 50.3 Å². The molecule has 0 bridgehead atoms. The molecule has 0 spiro atoms. The lowest BCUT2D eigenvalue weighted by Gasteiger charge is -2.44. The highest BCUT2D eigenvalue weighted by molar-refractivity contribution is 7.09. The van der Waals surface area contributed by atoms with E-state index < -0.39 is 0 Å². The number of nitrogens with one attached hydrogen (secondary N) is 1. The third-order valence-electron chi connectivity index (χ3n) is 5.07. The van der Waals surface area contributed by atoms with E-state index in [2.05, 4.69) is 22.1 Å². The summed E-state index contributed by atoms with van der Waals surface area (Å²) < 4.78 is 0. The van der Waals surface area contributed by atoms with Gasteiger partial charge in [-0.15, -0.1) is 11.3 Å². The van der Waals surface area contributed by atoms with Crippen LogP contribution in [-0.4, -0.2) is 35.1 Å². The highest BCUT2D eigenvalue weighted by Gasteiger charge is 2.33. The summed E-state index contributed by atoms with van der Waals surface area (Å²) in [6.07, 6.45) is 10.5. The Hall–Kier alpha value is -0.450. The molecule has 2 unspecified atom stereocenters. The van der Waals surface area contributed by atoms with Gasteiger partial charge in [0.2, 0.25) is 0 Å². The minimum Gasteiger partial charge on any atom is -0.311 e. The average molecular weight is 293 g/mol. The quantitative estimate of drug-likeness (QED) is 0.923. The summed E-state index contributed by atoms with van der Waals surface area (Å²) in [7, 11) is 0. The predicted octanol–water partition coefficient (Wildman–Crippen LogP) is 3.28. The molecule has 20 heavy (non-hydrogen) atoms. The molecule has 1 saturated heterocycles. The Morgan fingerprint density at radius 2 is 2.20 bits per heavy atom. The second kappa shape index (κ2) is 7.01. The topological polar surface area (TPSA) is 28.2 Å². The maximum absolute atomic E-state index is 4.24. The van der Waals surface area contributed by atoms with Crippen molar-refractivity contribution in [2.75, 3.05) is 13.1 Å². The van der Waals surface area contributed by atoms with Gasteiger partial charge < -0.3 is 5.32 Å². The summed E-state index contributed by atoms with van der Waals surface area (Å²) in [5.74, 6) is 0.905. The molecule has 1 aromatic heterocycles. The SMILES string of the molecule is CCC1CN(Cc2cncs2)C(C2CCCCC2)CN1. The molecule has 2 atom stereocenters. The summed E-state index contributed by atoms with van der Waals surface area (Å²) in [6.45, 7) is 5.78. The number of aromatic nitrogens is 1. The molecule has 2 fully saturated rings. The lowest BCUT2D eigenvalue weighted by Crippen LogP contribution is -2.58. The molecule has 3 rings (SSSR count). The average Bonchev–Trinajstić information content (AvgIpc) is 3.01. The second-order valence-corrected chi connectivity index (χ2v) is 7.35.